The quantitative estimate of drug-likeness (QED) is 0.441. The van der Waals surface area contributed by atoms with E-state index in [9.17, 15) is 40.7 Å². The van der Waals surface area contributed by atoms with Gasteiger partial charge in [-0.05, 0) is 55.9 Å². The van der Waals surface area contributed by atoms with Gasteiger partial charge in [-0.1, -0.05) is 6.07 Å². The van der Waals surface area contributed by atoms with Crippen molar-refractivity contribution in [2.24, 2.45) is 0 Å². The third-order valence-corrected chi connectivity index (χ3v) is 6.14. The van der Waals surface area contributed by atoms with Crippen LogP contribution in [0.1, 0.15) is 21.7 Å². The third kappa shape index (κ3) is 5.64. The van der Waals surface area contributed by atoms with E-state index in [0.29, 0.717) is 16.1 Å². The number of nitrogens with one attached hydrogen (secondary N) is 2. The van der Waals surface area contributed by atoms with Crippen molar-refractivity contribution in [3.05, 3.63) is 65.5 Å². The standard InChI is InChI=1S/C25H22F6N6O3/c1-32-13-19(38)35(2)15-6-8-16(9-7-15)36-11-10-18-20(22(36)39)37(34-21(18)24(26,27)28)17-5-3-4-14(12-17)33-23(40)25(29,30)31/h3-9,12,32H,10-11,13H2,1-2H3,(H,33,40). The Labute approximate surface area is 223 Å². The van der Waals surface area contributed by atoms with Crippen molar-refractivity contribution in [2.45, 2.75) is 18.8 Å². The molecule has 0 bridgehead atoms. The Bertz CT molecular complexity index is 1450. The molecule has 0 spiro atoms. The van der Waals surface area contributed by atoms with Crippen LogP contribution in [0.5, 0.6) is 0 Å². The molecular weight excluding hydrogens is 546 g/mol. The Morgan fingerprint density at radius 3 is 2.30 bits per heavy atom. The van der Waals surface area contributed by atoms with E-state index in [2.05, 4.69) is 10.4 Å². The van der Waals surface area contributed by atoms with Crippen molar-refractivity contribution in [3.8, 4) is 5.69 Å². The molecule has 40 heavy (non-hydrogen) atoms. The second kappa shape index (κ2) is 10.6. The van der Waals surface area contributed by atoms with Crippen LogP contribution in [0.25, 0.3) is 5.69 Å². The molecule has 0 saturated heterocycles. The second-order valence-electron chi connectivity index (χ2n) is 8.79. The molecule has 3 amide bonds. The second-order valence-corrected chi connectivity index (χ2v) is 8.79. The third-order valence-electron chi connectivity index (χ3n) is 6.14. The molecule has 212 valence electrons. The lowest BCUT2D eigenvalue weighted by Crippen LogP contribution is -2.39. The highest BCUT2D eigenvalue weighted by atomic mass is 19.4. The summed E-state index contributed by atoms with van der Waals surface area (Å²) < 4.78 is 80.4. The summed E-state index contributed by atoms with van der Waals surface area (Å²) in [5.41, 5.74) is -1.71. The molecule has 0 atom stereocenters. The molecule has 4 rings (SSSR count). The van der Waals surface area contributed by atoms with Crippen LogP contribution in [-0.4, -0.2) is 60.9 Å². The topological polar surface area (TPSA) is 99.6 Å². The van der Waals surface area contributed by atoms with Crippen LogP contribution in [0.3, 0.4) is 0 Å². The van der Waals surface area contributed by atoms with E-state index in [4.69, 9.17) is 0 Å². The number of carbonyl (C=O) groups is 3. The van der Waals surface area contributed by atoms with Crippen LogP contribution >= 0.6 is 0 Å². The summed E-state index contributed by atoms with van der Waals surface area (Å²) in [6.45, 7) is -0.00554. The van der Waals surface area contributed by atoms with Gasteiger partial charge in [0.05, 0.1) is 12.2 Å². The number of amides is 3. The van der Waals surface area contributed by atoms with Gasteiger partial charge < -0.3 is 20.4 Å². The largest absolute Gasteiger partial charge is 0.471 e. The van der Waals surface area contributed by atoms with Crippen LogP contribution in [0.4, 0.5) is 43.4 Å². The van der Waals surface area contributed by atoms with E-state index in [1.807, 2.05) is 0 Å². The lowest BCUT2D eigenvalue weighted by molar-refractivity contribution is -0.167. The number of nitrogens with zero attached hydrogens (tertiary/aromatic N) is 4. The lowest BCUT2D eigenvalue weighted by Gasteiger charge is -2.28. The predicted molar refractivity (Wildman–Crippen MR) is 132 cm³/mol. The Kier molecular flexibility index (Phi) is 7.61. The molecule has 15 heteroatoms. The van der Waals surface area contributed by atoms with Crippen LogP contribution < -0.4 is 20.4 Å². The molecule has 0 aliphatic carbocycles. The first-order valence-electron chi connectivity index (χ1n) is 11.7. The van der Waals surface area contributed by atoms with Crippen LogP contribution in [0.15, 0.2) is 48.5 Å². The monoisotopic (exact) mass is 568 g/mol. The Morgan fingerprint density at radius 2 is 1.70 bits per heavy atom. The van der Waals surface area contributed by atoms with Crippen LogP contribution in [0.2, 0.25) is 0 Å². The molecule has 1 aromatic heterocycles. The summed E-state index contributed by atoms with van der Waals surface area (Å²) in [5.74, 6) is -3.31. The molecule has 0 radical (unpaired) electrons. The van der Waals surface area contributed by atoms with Crippen molar-refractivity contribution >= 4 is 34.8 Å². The zero-order valence-corrected chi connectivity index (χ0v) is 21.0. The van der Waals surface area contributed by atoms with Gasteiger partial charge in [0, 0.05) is 36.2 Å². The van der Waals surface area contributed by atoms with E-state index in [-0.39, 0.29) is 42.4 Å². The van der Waals surface area contributed by atoms with Gasteiger partial charge in [0.25, 0.3) is 5.91 Å². The number of benzene rings is 2. The highest BCUT2D eigenvalue weighted by molar-refractivity contribution is 6.08. The Morgan fingerprint density at radius 1 is 1.02 bits per heavy atom. The van der Waals surface area contributed by atoms with E-state index >= 15 is 0 Å². The van der Waals surface area contributed by atoms with E-state index in [1.165, 1.54) is 21.9 Å². The molecule has 1 aliphatic rings. The van der Waals surface area contributed by atoms with Gasteiger partial charge in [0.1, 0.15) is 5.69 Å². The predicted octanol–water partition coefficient (Wildman–Crippen LogP) is 3.78. The van der Waals surface area contributed by atoms with Gasteiger partial charge in [-0.3, -0.25) is 14.4 Å². The summed E-state index contributed by atoms with van der Waals surface area (Å²) in [5, 5.41) is 7.99. The molecule has 2 N–H and O–H groups in total. The van der Waals surface area contributed by atoms with Crippen molar-refractivity contribution in [2.75, 3.05) is 42.3 Å². The van der Waals surface area contributed by atoms with Gasteiger partial charge >= 0.3 is 18.3 Å². The molecular formula is C25H22F6N6O3. The zero-order valence-electron chi connectivity index (χ0n) is 21.0. The average Bonchev–Trinajstić information content (AvgIpc) is 3.30. The summed E-state index contributed by atoms with van der Waals surface area (Å²) >= 11 is 0. The molecule has 1 aliphatic heterocycles. The van der Waals surface area contributed by atoms with Crippen molar-refractivity contribution in [1.29, 1.82) is 0 Å². The normalized spacial score (nSPS) is 13.7. The number of hydrogen-bond donors (Lipinski definition) is 2. The number of carbonyl (C=O) groups excluding carboxylic acids is 3. The molecule has 3 aromatic rings. The highest BCUT2D eigenvalue weighted by Crippen LogP contribution is 2.37. The van der Waals surface area contributed by atoms with Gasteiger partial charge in [0.2, 0.25) is 5.91 Å². The number of rotatable bonds is 6. The molecule has 2 aromatic carbocycles. The maximum atomic E-state index is 13.9. The Hall–Kier alpha value is -4.40. The summed E-state index contributed by atoms with van der Waals surface area (Å²) in [7, 11) is 3.18. The minimum atomic E-state index is -5.19. The number of anilines is 3. The van der Waals surface area contributed by atoms with Crippen molar-refractivity contribution in [3.63, 3.8) is 0 Å². The number of fused-ring (bicyclic) bond motifs is 1. The number of hydrogen-bond acceptors (Lipinski definition) is 5. The molecule has 9 nitrogen and oxygen atoms in total. The maximum absolute atomic E-state index is 13.9. The number of alkyl halides is 6. The fourth-order valence-corrected chi connectivity index (χ4v) is 4.21. The van der Waals surface area contributed by atoms with E-state index in [1.54, 1.807) is 43.7 Å². The molecule has 2 heterocycles. The van der Waals surface area contributed by atoms with Crippen LogP contribution in [-0.2, 0) is 22.2 Å². The average molecular weight is 568 g/mol. The lowest BCUT2D eigenvalue weighted by atomic mass is 10.0. The van der Waals surface area contributed by atoms with Crippen molar-refractivity contribution in [1.82, 2.24) is 15.1 Å². The van der Waals surface area contributed by atoms with E-state index < -0.39 is 35.6 Å². The number of likely N-dealkylation sites (N-methyl/N-ethyl adjacent to an activating group) is 2. The fraction of sp³-hybridized carbons (Fsp3) is 0.280. The SMILES string of the molecule is CNCC(=O)N(C)c1ccc(N2CCc3c(C(F)(F)F)nn(-c4cccc(NC(=O)C(F)(F)F)c4)c3C2=O)cc1. The van der Waals surface area contributed by atoms with Gasteiger partial charge in [-0.15, -0.1) is 0 Å². The van der Waals surface area contributed by atoms with Gasteiger partial charge in [-0.25, -0.2) is 4.68 Å². The number of aromatic nitrogens is 2. The first-order chi connectivity index (χ1) is 18.7. The smallest absolute Gasteiger partial charge is 0.318 e. The molecule has 0 unspecified atom stereocenters. The highest BCUT2D eigenvalue weighted by Gasteiger charge is 2.43. The van der Waals surface area contributed by atoms with Gasteiger partial charge in [0.15, 0.2) is 5.69 Å². The van der Waals surface area contributed by atoms with Gasteiger partial charge in [-0.2, -0.15) is 31.4 Å². The minimum absolute atomic E-state index is 0.0955. The zero-order chi connectivity index (χ0) is 29.4. The number of halogens is 6. The molecule has 0 saturated carbocycles. The summed E-state index contributed by atoms with van der Waals surface area (Å²) in [6, 6.07) is 10.8. The van der Waals surface area contributed by atoms with Crippen molar-refractivity contribution < 1.29 is 40.7 Å². The van der Waals surface area contributed by atoms with Crippen LogP contribution in [0, 0.1) is 0 Å². The first kappa shape index (κ1) is 28.6. The minimum Gasteiger partial charge on any atom is -0.318 e. The summed E-state index contributed by atoms with van der Waals surface area (Å²) in [4.78, 5) is 39.7. The summed E-state index contributed by atoms with van der Waals surface area (Å²) in [6.07, 6.45) is -10.3. The maximum Gasteiger partial charge on any atom is 0.471 e. The Balaban J connectivity index is 1.71. The fourth-order valence-electron chi connectivity index (χ4n) is 4.21. The first-order valence-corrected chi connectivity index (χ1v) is 11.7. The van der Waals surface area contributed by atoms with E-state index in [0.717, 1.165) is 12.1 Å². The molecule has 0 fully saturated rings.